The van der Waals surface area contributed by atoms with Crippen LogP contribution in [0.5, 0.6) is 11.6 Å². The summed E-state index contributed by atoms with van der Waals surface area (Å²) in [6.45, 7) is 0. The first-order valence-electron chi connectivity index (χ1n) is 8.71. The van der Waals surface area contributed by atoms with Crippen LogP contribution in [0.1, 0.15) is 6.42 Å². The van der Waals surface area contributed by atoms with Crippen molar-refractivity contribution >= 4 is 21.7 Å². The van der Waals surface area contributed by atoms with Crippen LogP contribution < -0.4 is 15.2 Å². The minimum atomic E-state index is -4.73. The van der Waals surface area contributed by atoms with Gasteiger partial charge in [-0.05, 0) is 18.2 Å². The van der Waals surface area contributed by atoms with Crippen molar-refractivity contribution in [2.45, 2.75) is 12.6 Å². The van der Waals surface area contributed by atoms with Gasteiger partial charge in [0.15, 0.2) is 17.4 Å². The Balaban J connectivity index is 1.86. The number of anilines is 2. The Bertz CT molecular complexity index is 1240. The minimum Gasteiger partial charge on any atom is -0.435 e. The predicted molar refractivity (Wildman–Crippen MR) is 104 cm³/mol. The van der Waals surface area contributed by atoms with Crippen LogP contribution in [0, 0.1) is 11.6 Å². The van der Waals surface area contributed by atoms with Crippen LogP contribution in [0.2, 0.25) is 0 Å². The lowest BCUT2D eigenvalue weighted by molar-refractivity contribution is -0.129. The van der Waals surface area contributed by atoms with E-state index in [1.807, 2.05) is 0 Å². The van der Waals surface area contributed by atoms with Gasteiger partial charge in [0.25, 0.3) is 0 Å². The van der Waals surface area contributed by atoms with E-state index in [2.05, 4.69) is 15.0 Å². The molecule has 8 nitrogen and oxygen atoms in total. The van der Waals surface area contributed by atoms with Crippen LogP contribution in [0.3, 0.4) is 0 Å². The van der Waals surface area contributed by atoms with Gasteiger partial charge in [0, 0.05) is 24.5 Å². The molecule has 0 spiro atoms. The number of aromatic nitrogens is 3. The maximum absolute atomic E-state index is 14.5. The molecule has 0 bridgehead atoms. The Morgan fingerprint density at radius 1 is 1.06 bits per heavy atom. The van der Waals surface area contributed by atoms with E-state index < -0.39 is 51.4 Å². The zero-order valence-electron chi connectivity index (χ0n) is 15.9. The lowest BCUT2D eigenvalue weighted by atomic mass is 10.2. The molecule has 0 unspecified atom stereocenters. The van der Waals surface area contributed by atoms with Crippen molar-refractivity contribution in [3.63, 3.8) is 0 Å². The Kier molecular flexibility index (Phi) is 6.43. The summed E-state index contributed by atoms with van der Waals surface area (Å²) < 4.78 is 96.0. The molecule has 0 fully saturated rings. The molecule has 14 heteroatoms. The first-order valence-corrected chi connectivity index (χ1v) is 10.4. The number of hydrogen-bond donors (Lipinski definition) is 2. The molecule has 0 radical (unpaired) electrons. The van der Waals surface area contributed by atoms with Crippen LogP contribution in [0.4, 0.5) is 33.6 Å². The number of alkyl halides is 3. The molecular formula is C18H14F5N5O3S. The second-order valence-corrected chi connectivity index (χ2v) is 8.15. The molecule has 2 aromatic heterocycles. The van der Waals surface area contributed by atoms with Crippen molar-refractivity contribution in [1.29, 1.82) is 0 Å². The number of benzene rings is 1. The summed E-state index contributed by atoms with van der Waals surface area (Å²) in [7, 11) is -4.58. The van der Waals surface area contributed by atoms with Gasteiger partial charge >= 0.3 is 6.18 Å². The quantitative estimate of drug-likeness (QED) is 0.498. The average molecular weight is 475 g/mol. The van der Waals surface area contributed by atoms with Gasteiger partial charge in [-0.1, -0.05) is 0 Å². The number of nitrogens with one attached hydrogen (secondary N) is 1. The highest BCUT2D eigenvalue weighted by atomic mass is 32.2. The first-order chi connectivity index (χ1) is 14.9. The van der Waals surface area contributed by atoms with Crippen molar-refractivity contribution in [1.82, 2.24) is 15.0 Å². The lowest BCUT2D eigenvalue weighted by Crippen LogP contribution is -2.22. The number of nitrogens with zero attached hydrogens (tertiary/aromatic N) is 3. The highest BCUT2D eigenvalue weighted by molar-refractivity contribution is 7.92. The maximum Gasteiger partial charge on any atom is 0.390 e. The van der Waals surface area contributed by atoms with Crippen molar-refractivity contribution in [2.24, 2.45) is 0 Å². The fourth-order valence-corrected chi connectivity index (χ4v) is 3.54. The van der Waals surface area contributed by atoms with Crippen molar-refractivity contribution in [3.05, 3.63) is 54.4 Å². The Labute approximate surface area is 178 Å². The Morgan fingerprint density at radius 2 is 1.81 bits per heavy atom. The number of nitrogen functional groups attached to an aromatic ring is 1. The molecule has 2 heterocycles. The molecule has 1 aromatic carbocycles. The van der Waals surface area contributed by atoms with E-state index in [9.17, 15) is 30.4 Å². The third kappa shape index (κ3) is 6.00. The molecule has 3 N–H and O–H groups in total. The van der Waals surface area contributed by atoms with Gasteiger partial charge in [-0.15, -0.1) is 0 Å². The summed E-state index contributed by atoms with van der Waals surface area (Å²) in [5.74, 6) is -4.68. The minimum absolute atomic E-state index is 0.0447. The molecule has 0 saturated heterocycles. The van der Waals surface area contributed by atoms with Crippen molar-refractivity contribution < 1.29 is 35.1 Å². The van der Waals surface area contributed by atoms with E-state index in [0.717, 1.165) is 0 Å². The summed E-state index contributed by atoms with van der Waals surface area (Å²) in [5.41, 5.74) is 5.23. The molecule has 0 aliphatic heterocycles. The summed E-state index contributed by atoms with van der Waals surface area (Å²) in [6.07, 6.45) is -3.69. The normalized spacial score (nSPS) is 11.9. The van der Waals surface area contributed by atoms with Crippen LogP contribution >= 0.6 is 0 Å². The molecule has 32 heavy (non-hydrogen) atoms. The molecule has 3 rings (SSSR count). The SMILES string of the molecule is Nc1nccc(-c2cccnc2Oc2cc(F)c(NS(=O)(=O)CCC(F)(F)F)cc2F)n1. The zero-order chi connectivity index (χ0) is 23.5. The number of pyridine rings is 1. The third-order valence-corrected chi connectivity index (χ3v) is 5.14. The molecule has 0 aliphatic carbocycles. The van der Waals surface area contributed by atoms with Crippen molar-refractivity contribution in [3.8, 4) is 22.9 Å². The molecule has 3 aromatic rings. The van der Waals surface area contributed by atoms with Gasteiger partial charge in [-0.3, -0.25) is 4.72 Å². The molecule has 170 valence electrons. The molecule has 0 saturated carbocycles. The van der Waals surface area contributed by atoms with Gasteiger partial charge < -0.3 is 10.5 Å². The first kappa shape index (κ1) is 23.1. The van der Waals surface area contributed by atoms with Gasteiger partial charge in [-0.25, -0.2) is 32.2 Å². The highest BCUT2D eigenvalue weighted by Crippen LogP contribution is 2.34. The van der Waals surface area contributed by atoms with Gasteiger partial charge in [0.05, 0.1) is 29.1 Å². The monoisotopic (exact) mass is 475 g/mol. The topological polar surface area (TPSA) is 120 Å². The third-order valence-electron chi connectivity index (χ3n) is 3.87. The number of ether oxygens (including phenoxy) is 1. The van der Waals surface area contributed by atoms with Crippen LogP contribution in [-0.2, 0) is 10.0 Å². The standard InChI is InChI=1S/C18H14F5N5O3S/c19-11-9-15(12(20)8-14(11)28-32(29,30)7-4-18(21,22)23)31-16-10(2-1-5-25-16)13-3-6-26-17(24)27-13/h1-3,5-6,8-9,28H,4,7H2,(H2,24,26,27). The number of hydrogen-bond acceptors (Lipinski definition) is 7. The summed E-state index contributed by atoms with van der Waals surface area (Å²) in [5, 5.41) is 0. The number of halogens is 5. The van der Waals surface area contributed by atoms with Gasteiger partial charge in [0.2, 0.25) is 21.9 Å². The zero-order valence-corrected chi connectivity index (χ0v) is 16.7. The lowest BCUT2D eigenvalue weighted by Gasteiger charge is -2.13. The molecule has 0 aliphatic rings. The molecular weight excluding hydrogens is 461 g/mol. The second kappa shape index (κ2) is 8.90. The van der Waals surface area contributed by atoms with Crippen LogP contribution in [0.15, 0.2) is 42.7 Å². The smallest absolute Gasteiger partial charge is 0.390 e. The van der Waals surface area contributed by atoms with E-state index in [1.54, 1.807) is 4.72 Å². The van der Waals surface area contributed by atoms with E-state index in [0.29, 0.717) is 12.1 Å². The molecule has 0 atom stereocenters. The fraction of sp³-hybridized carbons (Fsp3) is 0.167. The largest absolute Gasteiger partial charge is 0.435 e. The van der Waals surface area contributed by atoms with Gasteiger partial charge in [0.1, 0.15) is 0 Å². The average Bonchev–Trinajstić information content (AvgIpc) is 2.70. The second-order valence-electron chi connectivity index (χ2n) is 6.31. The van der Waals surface area contributed by atoms with Gasteiger partial charge in [-0.2, -0.15) is 13.2 Å². The summed E-state index contributed by atoms with van der Waals surface area (Å²) in [4.78, 5) is 11.7. The van der Waals surface area contributed by atoms with E-state index in [-0.39, 0.29) is 23.1 Å². The van der Waals surface area contributed by atoms with Crippen molar-refractivity contribution in [2.75, 3.05) is 16.2 Å². The van der Waals surface area contributed by atoms with E-state index in [4.69, 9.17) is 10.5 Å². The van der Waals surface area contributed by atoms with Crippen LogP contribution in [0.25, 0.3) is 11.3 Å². The fourth-order valence-electron chi connectivity index (χ4n) is 2.45. The highest BCUT2D eigenvalue weighted by Gasteiger charge is 2.30. The molecule has 0 amide bonds. The summed E-state index contributed by atoms with van der Waals surface area (Å²) >= 11 is 0. The predicted octanol–water partition coefficient (Wildman–Crippen LogP) is 3.89. The number of sulfonamides is 1. The van der Waals surface area contributed by atoms with E-state index >= 15 is 0 Å². The van der Waals surface area contributed by atoms with E-state index in [1.165, 1.54) is 30.6 Å². The Morgan fingerprint density at radius 3 is 2.50 bits per heavy atom. The van der Waals surface area contributed by atoms with Crippen LogP contribution in [-0.4, -0.2) is 35.3 Å². The summed E-state index contributed by atoms with van der Waals surface area (Å²) in [6, 6.07) is 5.53. The number of nitrogens with two attached hydrogens (primary N) is 1. The number of rotatable bonds is 7. The maximum atomic E-state index is 14.5. The Hall–Kier alpha value is -3.55.